The first-order chi connectivity index (χ1) is 16.9. The third kappa shape index (κ3) is 7.30. The van der Waals surface area contributed by atoms with Gasteiger partial charge in [-0.05, 0) is 36.8 Å². The number of esters is 1. The van der Waals surface area contributed by atoms with Gasteiger partial charge in [0.05, 0.1) is 19.2 Å². The van der Waals surface area contributed by atoms with Crippen LogP contribution in [0.25, 0.3) is 11.6 Å². The number of ether oxygens (including phenoxy) is 2. The second-order valence-corrected chi connectivity index (χ2v) is 7.91. The summed E-state index contributed by atoms with van der Waals surface area (Å²) >= 11 is 0. The molecule has 0 aliphatic rings. The number of para-hydroxylation sites is 1. The van der Waals surface area contributed by atoms with E-state index >= 15 is 0 Å². The first-order valence-electron chi connectivity index (χ1n) is 11.0. The number of aryl methyl sites for hydroxylation is 1. The number of hydrogen-bond acceptors (Lipinski definition) is 5. The molecule has 0 aliphatic heterocycles. The van der Waals surface area contributed by atoms with E-state index in [1.54, 1.807) is 43.5 Å². The summed E-state index contributed by atoms with van der Waals surface area (Å²) in [5.41, 5.74) is 3.33. The molecule has 3 aromatic carbocycles. The number of carbonyl (C=O) groups excluding carboxylic acids is 3. The molecule has 0 saturated heterocycles. The van der Waals surface area contributed by atoms with Gasteiger partial charge in [0.1, 0.15) is 5.75 Å². The molecule has 0 aromatic heterocycles. The largest absolute Gasteiger partial charge is 0.496 e. The fourth-order valence-corrected chi connectivity index (χ4v) is 3.28. The minimum atomic E-state index is -0.659. The van der Waals surface area contributed by atoms with Gasteiger partial charge < -0.3 is 19.7 Å². The van der Waals surface area contributed by atoms with E-state index in [9.17, 15) is 14.4 Å². The lowest BCUT2D eigenvalue weighted by Crippen LogP contribution is -2.37. The lowest BCUT2D eigenvalue weighted by atomic mass is 10.0. The average Bonchev–Trinajstić information content (AvgIpc) is 2.87. The molecule has 0 unspecified atom stereocenters. The van der Waals surface area contributed by atoms with Crippen LogP contribution in [-0.2, 0) is 19.1 Å². The Morgan fingerprint density at radius 3 is 2.26 bits per heavy atom. The third-order valence-electron chi connectivity index (χ3n) is 5.21. The number of likely N-dealkylation sites (N-methyl/N-ethyl adjacent to an activating group) is 1. The van der Waals surface area contributed by atoms with E-state index in [4.69, 9.17) is 9.47 Å². The Hall–Kier alpha value is -4.39. The number of amides is 2. The van der Waals surface area contributed by atoms with Crippen molar-refractivity contribution in [3.05, 3.63) is 95.6 Å². The van der Waals surface area contributed by atoms with Crippen LogP contribution in [0.2, 0.25) is 0 Å². The molecule has 0 bridgehead atoms. The highest BCUT2D eigenvalue weighted by molar-refractivity contribution is 6.22. The molecule has 0 heterocycles. The number of carbonyl (C=O) groups is 3. The molecule has 0 atom stereocenters. The molecule has 0 spiro atoms. The van der Waals surface area contributed by atoms with Crippen LogP contribution >= 0.6 is 0 Å². The molecule has 7 heteroatoms. The zero-order chi connectivity index (χ0) is 25.2. The Kier molecular flexibility index (Phi) is 8.78. The van der Waals surface area contributed by atoms with Crippen LogP contribution in [0, 0.1) is 6.92 Å². The summed E-state index contributed by atoms with van der Waals surface area (Å²) in [6.45, 7) is 1.28. The molecule has 0 radical (unpaired) electrons. The Morgan fingerprint density at radius 1 is 0.914 bits per heavy atom. The lowest BCUT2D eigenvalue weighted by Gasteiger charge is -2.17. The smallest absolute Gasteiger partial charge is 0.339 e. The van der Waals surface area contributed by atoms with Crippen LogP contribution < -0.4 is 10.1 Å². The maximum absolute atomic E-state index is 13.0. The molecule has 2 amide bonds. The summed E-state index contributed by atoms with van der Waals surface area (Å²) in [4.78, 5) is 39.0. The molecule has 180 valence electrons. The summed E-state index contributed by atoms with van der Waals surface area (Å²) in [6.07, 6.45) is 1.67. The maximum atomic E-state index is 13.0. The SMILES string of the molecule is COc1ccccc1/C=C(/C(=O)OCC(=O)N(C)CC(=O)Nc1ccc(C)cc1)c1ccccc1. The molecular formula is C28H28N2O5. The lowest BCUT2D eigenvalue weighted by molar-refractivity contribution is -0.147. The van der Waals surface area contributed by atoms with Crippen LogP contribution in [0.3, 0.4) is 0 Å². The maximum Gasteiger partial charge on any atom is 0.339 e. The van der Waals surface area contributed by atoms with Crippen LogP contribution in [0.5, 0.6) is 5.75 Å². The van der Waals surface area contributed by atoms with Gasteiger partial charge in [-0.25, -0.2) is 4.79 Å². The van der Waals surface area contributed by atoms with Crippen molar-refractivity contribution in [1.29, 1.82) is 0 Å². The van der Waals surface area contributed by atoms with Gasteiger partial charge in [-0.2, -0.15) is 0 Å². The molecule has 0 fully saturated rings. The first kappa shape index (κ1) is 25.2. The normalized spacial score (nSPS) is 10.9. The molecule has 7 nitrogen and oxygen atoms in total. The van der Waals surface area contributed by atoms with Crippen LogP contribution in [-0.4, -0.2) is 50.0 Å². The monoisotopic (exact) mass is 472 g/mol. The Balaban J connectivity index is 1.65. The van der Waals surface area contributed by atoms with Gasteiger partial charge in [-0.1, -0.05) is 66.2 Å². The summed E-state index contributed by atoms with van der Waals surface area (Å²) in [6, 6.07) is 23.6. The number of methoxy groups -OCH3 is 1. The van der Waals surface area contributed by atoms with Crippen LogP contribution in [0.1, 0.15) is 16.7 Å². The average molecular weight is 473 g/mol. The highest BCUT2D eigenvalue weighted by Gasteiger charge is 2.19. The number of nitrogens with zero attached hydrogens (tertiary/aromatic N) is 1. The molecule has 3 rings (SSSR count). The third-order valence-corrected chi connectivity index (χ3v) is 5.21. The summed E-state index contributed by atoms with van der Waals surface area (Å²) in [7, 11) is 3.03. The second-order valence-electron chi connectivity index (χ2n) is 7.91. The fraction of sp³-hybridized carbons (Fsp3) is 0.179. The van der Waals surface area contributed by atoms with Crippen molar-refractivity contribution < 1.29 is 23.9 Å². The van der Waals surface area contributed by atoms with Gasteiger partial charge in [-0.15, -0.1) is 0 Å². The van der Waals surface area contributed by atoms with E-state index in [0.717, 1.165) is 5.56 Å². The number of hydrogen-bond donors (Lipinski definition) is 1. The first-order valence-corrected chi connectivity index (χ1v) is 11.0. The minimum absolute atomic E-state index is 0.174. The molecule has 1 N–H and O–H groups in total. The Bertz CT molecular complexity index is 1200. The number of nitrogens with one attached hydrogen (secondary N) is 1. The van der Waals surface area contributed by atoms with Gasteiger partial charge in [0.2, 0.25) is 5.91 Å². The van der Waals surface area contributed by atoms with Crippen molar-refractivity contribution in [3.8, 4) is 5.75 Å². The van der Waals surface area contributed by atoms with E-state index in [1.165, 1.54) is 11.9 Å². The van der Waals surface area contributed by atoms with Gasteiger partial charge >= 0.3 is 5.97 Å². The molecule has 0 saturated carbocycles. The summed E-state index contributed by atoms with van der Waals surface area (Å²) < 4.78 is 10.7. The van der Waals surface area contributed by atoms with Gasteiger partial charge in [0.25, 0.3) is 5.91 Å². The predicted molar refractivity (Wildman–Crippen MR) is 136 cm³/mol. The van der Waals surface area contributed by atoms with Crippen LogP contribution in [0.4, 0.5) is 5.69 Å². The highest BCUT2D eigenvalue weighted by atomic mass is 16.5. The van der Waals surface area contributed by atoms with Crippen molar-refractivity contribution in [3.63, 3.8) is 0 Å². The Labute approximate surface area is 205 Å². The van der Waals surface area contributed by atoms with Gasteiger partial charge in [0.15, 0.2) is 6.61 Å². The number of benzene rings is 3. The standard InChI is InChI=1S/C28H28N2O5/c1-20-13-15-23(16-14-20)29-26(31)18-30(2)27(32)19-35-28(33)24(21-9-5-4-6-10-21)17-22-11-7-8-12-25(22)34-3/h4-17H,18-19H2,1-3H3,(H,29,31)/b24-17+. The topological polar surface area (TPSA) is 84.9 Å². The van der Waals surface area contributed by atoms with Crippen molar-refractivity contribution in [2.24, 2.45) is 0 Å². The summed E-state index contributed by atoms with van der Waals surface area (Å²) in [5, 5.41) is 2.74. The molecule has 3 aromatic rings. The van der Waals surface area contributed by atoms with Gasteiger partial charge in [0, 0.05) is 18.3 Å². The molecule has 35 heavy (non-hydrogen) atoms. The zero-order valence-corrected chi connectivity index (χ0v) is 20.0. The molecule has 0 aliphatic carbocycles. The zero-order valence-electron chi connectivity index (χ0n) is 20.0. The van der Waals surface area contributed by atoms with Crippen molar-refractivity contribution in [2.75, 3.05) is 32.6 Å². The predicted octanol–water partition coefficient (Wildman–Crippen LogP) is 4.18. The second kappa shape index (κ2) is 12.2. The van der Waals surface area contributed by atoms with E-state index in [2.05, 4.69) is 5.32 Å². The highest BCUT2D eigenvalue weighted by Crippen LogP contribution is 2.25. The van der Waals surface area contributed by atoms with Crippen molar-refractivity contribution in [1.82, 2.24) is 4.90 Å². The van der Waals surface area contributed by atoms with Crippen molar-refractivity contribution >= 4 is 35.1 Å². The quantitative estimate of drug-likeness (QED) is 0.287. The Morgan fingerprint density at radius 2 is 1.57 bits per heavy atom. The van der Waals surface area contributed by atoms with Gasteiger partial charge in [-0.3, -0.25) is 9.59 Å². The van der Waals surface area contributed by atoms with E-state index in [1.807, 2.05) is 55.5 Å². The van der Waals surface area contributed by atoms with Crippen molar-refractivity contribution in [2.45, 2.75) is 6.92 Å². The van der Waals surface area contributed by atoms with E-state index in [0.29, 0.717) is 22.6 Å². The minimum Gasteiger partial charge on any atom is -0.496 e. The fourth-order valence-electron chi connectivity index (χ4n) is 3.28. The van der Waals surface area contributed by atoms with E-state index < -0.39 is 18.5 Å². The van der Waals surface area contributed by atoms with Crippen LogP contribution in [0.15, 0.2) is 78.9 Å². The molecular weight excluding hydrogens is 444 g/mol. The number of anilines is 1. The number of rotatable bonds is 9. The van der Waals surface area contributed by atoms with E-state index in [-0.39, 0.29) is 18.0 Å². The summed E-state index contributed by atoms with van der Waals surface area (Å²) in [5.74, 6) is -0.906.